The summed E-state index contributed by atoms with van der Waals surface area (Å²) in [7, 11) is 0. The molecule has 7 nitrogen and oxygen atoms in total. The second-order valence-electron chi connectivity index (χ2n) is 7.80. The van der Waals surface area contributed by atoms with Gasteiger partial charge in [-0.15, -0.1) is 0 Å². The first kappa shape index (κ1) is 20.0. The van der Waals surface area contributed by atoms with Crippen molar-refractivity contribution >= 4 is 17.5 Å². The van der Waals surface area contributed by atoms with Gasteiger partial charge in [0.15, 0.2) is 5.65 Å². The van der Waals surface area contributed by atoms with Crippen LogP contribution in [-0.4, -0.2) is 37.4 Å². The molecule has 1 aromatic carbocycles. The molecule has 1 fully saturated rings. The number of aryl methyl sites for hydroxylation is 2. The van der Waals surface area contributed by atoms with Crippen LogP contribution in [0, 0.1) is 19.7 Å². The first-order valence-corrected chi connectivity index (χ1v) is 10.0. The molecular formula is C22H24FN5O2. The van der Waals surface area contributed by atoms with Gasteiger partial charge in [0.2, 0.25) is 5.91 Å². The topological polar surface area (TPSA) is 93.6 Å². The summed E-state index contributed by atoms with van der Waals surface area (Å²) < 4.78 is 15.1. The molecule has 1 aliphatic carbocycles. The van der Waals surface area contributed by atoms with Gasteiger partial charge < -0.3 is 10.6 Å². The molecule has 1 aliphatic rings. The molecule has 0 aliphatic heterocycles. The normalized spacial score (nSPS) is 13.6. The number of fused-ring (bicyclic) bond motifs is 1. The van der Waals surface area contributed by atoms with Crippen LogP contribution >= 0.6 is 0 Å². The second-order valence-corrected chi connectivity index (χ2v) is 7.80. The Hall–Kier alpha value is -3.29. The van der Waals surface area contributed by atoms with Gasteiger partial charge in [-0.25, -0.2) is 13.9 Å². The number of nitrogens with two attached hydrogens (primary N) is 1. The van der Waals surface area contributed by atoms with Crippen LogP contribution in [0.4, 0.5) is 4.39 Å². The van der Waals surface area contributed by atoms with Crippen LogP contribution in [0.15, 0.2) is 30.5 Å². The number of primary amides is 1. The van der Waals surface area contributed by atoms with E-state index in [1.807, 2.05) is 24.8 Å². The lowest BCUT2D eigenvalue weighted by Gasteiger charge is -2.23. The molecule has 30 heavy (non-hydrogen) atoms. The molecule has 0 atom stereocenters. The minimum absolute atomic E-state index is 0.0407. The second kappa shape index (κ2) is 7.85. The van der Waals surface area contributed by atoms with Crippen molar-refractivity contribution in [3.8, 4) is 0 Å². The lowest BCUT2D eigenvalue weighted by molar-refractivity contribution is -0.132. The first-order valence-electron chi connectivity index (χ1n) is 10.0. The summed E-state index contributed by atoms with van der Waals surface area (Å²) in [6, 6.07) is 6.61. The number of hydrogen-bond acceptors (Lipinski definition) is 4. The van der Waals surface area contributed by atoms with Crippen molar-refractivity contribution in [2.45, 2.75) is 52.1 Å². The largest absolute Gasteiger partial charge is 0.365 e. The highest BCUT2D eigenvalue weighted by molar-refractivity contribution is 5.98. The molecular weight excluding hydrogens is 385 g/mol. The van der Waals surface area contributed by atoms with Gasteiger partial charge in [0, 0.05) is 30.4 Å². The Bertz CT molecular complexity index is 1140. The quantitative estimate of drug-likeness (QED) is 0.649. The number of carbonyl (C=O) groups is 2. The van der Waals surface area contributed by atoms with Crippen molar-refractivity contribution in [2.75, 3.05) is 0 Å². The summed E-state index contributed by atoms with van der Waals surface area (Å²) in [5.74, 6) is -0.827. The van der Waals surface area contributed by atoms with Gasteiger partial charge in [0.25, 0.3) is 5.91 Å². The van der Waals surface area contributed by atoms with Gasteiger partial charge in [0.05, 0.1) is 6.20 Å². The molecule has 0 bridgehead atoms. The third kappa shape index (κ3) is 3.90. The van der Waals surface area contributed by atoms with E-state index in [0.717, 1.165) is 35.4 Å². The van der Waals surface area contributed by atoms with E-state index in [1.165, 1.54) is 18.3 Å². The van der Waals surface area contributed by atoms with Crippen molar-refractivity contribution in [1.29, 1.82) is 0 Å². The molecule has 0 radical (unpaired) electrons. The maximum absolute atomic E-state index is 13.5. The maximum Gasteiger partial charge on any atom is 0.254 e. The Morgan fingerprint density at radius 3 is 2.73 bits per heavy atom. The molecule has 156 valence electrons. The summed E-state index contributed by atoms with van der Waals surface area (Å²) in [4.78, 5) is 30.9. The molecule has 1 saturated carbocycles. The molecule has 3 aromatic rings. The smallest absolute Gasteiger partial charge is 0.254 e. The van der Waals surface area contributed by atoms with Crippen molar-refractivity contribution in [3.63, 3.8) is 0 Å². The zero-order valence-electron chi connectivity index (χ0n) is 17.1. The Labute approximate surface area is 173 Å². The monoisotopic (exact) mass is 409 g/mol. The van der Waals surface area contributed by atoms with Crippen molar-refractivity contribution in [2.24, 2.45) is 5.73 Å². The Balaban J connectivity index is 1.52. The molecule has 2 aromatic heterocycles. The molecule has 4 rings (SSSR count). The number of benzene rings is 1. The van der Waals surface area contributed by atoms with Crippen LogP contribution in [0.5, 0.6) is 0 Å². The summed E-state index contributed by atoms with van der Waals surface area (Å²) in [5.41, 5.74) is 9.40. The van der Waals surface area contributed by atoms with E-state index in [9.17, 15) is 14.0 Å². The highest BCUT2D eigenvalue weighted by Crippen LogP contribution is 2.29. The van der Waals surface area contributed by atoms with E-state index in [0.29, 0.717) is 25.0 Å². The van der Waals surface area contributed by atoms with Gasteiger partial charge >= 0.3 is 0 Å². The number of hydrogen-bond donors (Lipinski definition) is 1. The fraction of sp³-hybridized carbons (Fsp3) is 0.364. The SMILES string of the molecule is Cc1nc2c(C(N)=O)cnn2c(C)c1CCC(=O)N(Cc1cccc(F)c1)C1CC1. The van der Waals surface area contributed by atoms with E-state index in [1.54, 1.807) is 10.6 Å². The average molecular weight is 409 g/mol. The fourth-order valence-corrected chi connectivity index (χ4v) is 3.86. The fourth-order valence-electron chi connectivity index (χ4n) is 3.86. The highest BCUT2D eigenvalue weighted by Gasteiger charge is 2.32. The first-order chi connectivity index (χ1) is 14.3. The molecule has 0 unspecified atom stereocenters. The number of amides is 2. The Morgan fingerprint density at radius 1 is 1.30 bits per heavy atom. The molecule has 2 heterocycles. The van der Waals surface area contributed by atoms with Gasteiger partial charge in [-0.05, 0) is 56.4 Å². The molecule has 2 amide bonds. The number of nitrogens with zero attached hydrogens (tertiary/aromatic N) is 4. The van der Waals surface area contributed by atoms with Crippen LogP contribution < -0.4 is 5.73 Å². The van der Waals surface area contributed by atoms with Gasteiger partial charge in [-0.3, -0.25) is 9.59 Å². The summed E-state index contributed by atoms with van der Waals surface area (Å²) >= 11 is 0. The molecule has 2 N–H and O–H groups in total. The predicted molar refractivity (Wildman–Crippen MR) is 109 cm³/mol. The number of halogens is 1. The summed E-state index contributed by atoms with van der Waals surface area (Å²) in [5, 5.41) is 4.23. The lowest BCUT2D eigenvalue weighted by Crippen LogP contribution is -2.33. The Kier molecular flexibility index (Phi) is 5.24. The molecule has 0 spiro atoms. The number of aromatic nitrogens is 3. The maximum atomic E-state index is 13.5. The average Bonchev–Trinajstić information content (AvgIpc) is 3.44. The lowest BCUT2D eigenvalue weighted by atomic mass is 10.1. The van der Waals surface area contributed by atoms with Crippen LogP contribution in [0.1, 0.15) is 52.1 Å². The molecule has 0 saturated heterocycles. The van der Waals surface area contributed by atoms with E-state index in [-0.39, 0.29) is 23.3 Å². The van der Waals surface area contributed by atoms with Crippen LogP contribution in [0.25, 0.3) is 5.65 Å². The number of rotatable bonds is 7. The minimum atomic E-state index is -0.573. The van der Waals surface area contributed by atoms with E-state index in [2.05, 4.69) is 10.1 Å². The standard InChI is InChI=1S/C22H24FN5O2/c1-13-18(14(2)28-22(26-13)19(11-25-28)21(24)30)8-9-20(29)27(17-6-7-17)12-15-4-3-5-16(23)10-15/h3-5,10-11,17H,6-9,12H2,1-2H3,(H2,24,30). The van der Waals surface area contributed by atoms with Gasteiger partial charge in [-0.2, -0.15) is 5.10 Å². The van der Waals surface area contributed by atoms with Gasteiger partial charge in [0.1, 0.15) is 11.4 Å². The van der Waals surface area contributed by atoms with Crippen molar-refractivity contribution in [3.05, 3.63) is 64.4 Å². The third-order valence-electron chi connectivity index (χ3n) is 5.61. The van der Waals surface area contributed by atoms with Crippen molar-refractivity contribution < 1.29 is 14.0 Å². The third-order valence-corrected chi connectivity index (χ3v) is 5.61. The van der Waals surface area contributed by atoms with E-state index < -0.39 is 5.91 Å². The predicted octanol–water partition coefficient (Wildman–Crippen LogP) is 2.71. The minimum Gasteiger partial charge on any atom is -0.365 e. The van der Waals surface area contributed by atoms with E-state index >= 15 is 0 Å². The van der Waals surface area contributed by atoms with Gasteiger partial charge in [-0.1, -0.05) is 12.1 Å². The highest BCUT2D eigenvalue weighted by atomic mass is 19.1. The number of carbonyl (C=O) groups excluding carboxylic acids is 2. The molecule has 8 heteroatoms. The summed E-state index contributed by atoms with van der Waals surface area (Å²) in [6.07, 6.45) is 4.22. The summed E-state index contributed by atoms with van der Waals surface area (Å²) in [6.45, 7) is 4.16. The van der Waals surface area contributed by atoms with Crippen LogP contribution in [0.3, 0.4) is 0 Å². The Morgan fingerprint density at radius 2 is 2.07 bits per heavy atom. The van der Waals surface area contributed by atoms with Crippen LogP contribution in [-0.2, 0) is 17.8 Å². The zero-order valence-corrected chi connectivity index (χ0v) is 17.1. The van der Waals surface area contributed by atoms with Crippen molar-refractivity contribution in [1.82, 2.24) is 19.5 Å². The zero-order chi connectivity index (χ0) is 21.4. The van der Waals surface area contributed by atoms with Crippen LogP contribution in [0.2, 0.25) is 0 Å². The van der Waals surface area contributed by atoms with E-state index in [4.69, 9.17) is 5.73 Å².